The number of methoxy groups -OCH3 is 1. The van der Waals surface area contributed by atoms with E-state index < -0.39 is 0 Å². The van der Waals surface area contributed by atoms with Crippen LogP contribution < -0.4 is 14.8 Å². The zero-order valence-electron chi connectivity index (χ0n) is 14.6. The van der Waals surface area contributed by atoms with Crippen molar-refractivity contribution < 1.29 is 14.3 Å². The zero-order chi connectivity index (χ0) is 18.2. The van der Waals surface area contributed by atoms with Gasteiger partial charge in [-0.15, -0.1) is 0 Å². The Kier molecular flexibility index (Phi) is 6.90. The van der Waals surface area contributed by atoms with Gasteiger partial charge in [-0.05, 0) is 54.8 Å². The Bertz CT molecular complexity index is 772. The molecule has 0 aromatic heterocycles. The van der Waals surface area contributed by atoms with Crippen LogP contribution in [-0.2, 0) is 4.79 Å². The molecule has 0 bridgehead atoms. The highest BCUT2D eigenvalue weighted by atomic mass is 35.5. The fraction of sp³-hybridized carbons (Fsp3) is 0.250. The van der Waals surface area contributed by atoms with E-state index in [1.54, 1.807) is 25.3 Å². The van der Waals surface area contributed by atoms with Gasteiger partial charge in [-0.3, -0.25) is 4.79 Å². The molecule has 1 N–H and O–H groups in total. The minimum atomic E-state index is -0.226. The Morgan fingerprint density at radius 3 is 2.76 bits per heavy atom. The predicted octanol–water partition coefficient (Wildman–Crippen LogP) is 5.10. The van der Waals surface area contributed by atoms with Gasteiger partial charge in [0.1, 0.15) is 0 Å². The van der Waals surface area contributed by atoms with Gasteiger partial charge < -0.3 is 14.8 Å². The van der Waals surface area contributed by atoms with E-state index in [0.717, 1.165) is 17.5 Å². The van der Waals surface area contributed by atoms with Crippen LogP contribution in [0.2, 0.25) is 5.02 Å². The van der Waals surface area contributed by atoms with Crippen LogP contribution in [0.3, 0.4) is 0 Å². The average molecular weight is 360 g/mol. The van der Waals surface area contributed by atoms with Crippen molar-refractivity contribution in [2.75, 3.05) is 19.0 Å². The molecule has 0 aliphatic heterocycles. The smallest absolute Gasteiger partial charge is 0.248 e. The van der Waals surface area contributed by atoms with Crippen LogP contribution in [0.4, 0.5) is 5.69 Å². The second-order valence-electron chi connectivity index (χ2n) is 5.49. The largest absolute Gasteiger partial charge is 0.493 e. The molecular formula is C20H22ClNO3. The van der Waals surface area contributed by atoms with E-state index in [4.69, 9.17) is 21.1 Å². The Labute approximate surface area is 153 Å². The van der Waals surface area contributed by atoms with Gasteiger partial charge in [0.05, 0.1) is 13.7 Å². The highest BCUT2D eigenvalue weighted by Gasteiger charge is 2.06. The number of anilines is 1. The van der Waals surface area contributed by atoms with Gasteiger partial charge >= 0.3 is 0 Å². The number of amides is 1. The summed E-state index contributed by atoms with van der Waals surface area (Å²) in [6, 6.07) is 11.0. The first-order chi connectivity index (χ1) is 12.0. The topological polar surface area (TPSA) is 47.6 Å². The summed E-state index contributed by atoms with van der Waals surface area (Å²) in [4.78, 5) is 12.1. The molecule has 2 aromatic rings. The number of nitrogens with one attached hydrogen (secondary N) is 1. The number of carbonyl (C=O) groups is 1. The van der Waals surface area contributed by atoms with Gasteiger partial charge in [-0.1, -0.05) is 30.7 Å². The Morgan fingerprint density at radius 2 is 2.04 bits per heavy atom. The van der Waals surface area contributed by atoms with Crippen LogP contribution in [-0.4, -0.2) is 19.6 Å². The van der Waals surface area contributed by atoms with Crippen molar-refractivity contribution in [3.8, 4) is 11.5 Å². The van der Waals surface area contributed by atoms with E-state index in [9.17, 15) is 4.79 Å². The van der Waals surface area contributed by atoms with Gasteiger partial charge in [0.25, 0.3) is 0 Å². The molecular weight excluding hydrogens is 338 g/mol. The van der Waals surface area contributed by atoms with E-state index in [1.165, 1.54) is 6.08 Å². The molecule has 2 aromatic carbocycles. The summed E-state index contributed by atoms with van der Waals surface area (Å²) in [6.07, 6.45) is 4.12. The standard InChI is InChI=1S/C20H22ClNO3/c1-4-12-25-18-10-8-15(13-19(18)24-3)9-11-20(23)22-17-7-5-6-16(21)14(17)2/h5-11,13H,4,12H2,1-3H3,(H,22,23)/b11-9+. The van der Waals surface area contributed by atoms with Crippen molar-refractivity contribution in [2.45, 2.75) is 20.3 Å². The average Bonchev–Trinajstić information content (AvgIpc) is 2.62. The molecule has 0 atom stereocenters. The summed E-state index contributed by atoms with van der Waals surface area (Å²) in [5.74, 6) is 1.11. The number of hydrogen-bond donors (Lipinski definition) is 1. The lowest BCUT2D eigenvalue weighted by molar-refractivity contribution is -0.111. The van der Waals surface area contributed by atoms with Crippen molar-refractivity contribution in [1.82, 2.24) is 0 Å². The molecule has 4 nitrogen and oxygen atoms in total. The van der Waals surface area contributed by atoms with E-state index in [0.29, 0.717) is 28.8 Å². The number of ether oxygens (including phenoxy) is 2. The lowest BCUT2D eigenvalue weighted by Gasteiger charge is -2.10. The summed E-state index contributed by atoms with van der Waals surface area (Å²) >= 11 is 6.06. The van der Waals surface area contributed by atoms with Crippen LogP contribution in [0.5, 0.6) is 11.5 Å². The maximum Gasteiger partial charge on any atom is 0.248 e. The molecule has 5 heteroatoms. The Hall–Kier alpha value is -2.46. The third kappa shape index (κ3) is 5.26. The Morgan fingerprint density at radius 1 is 1.24 bits per heavy atom. The summed E-state index contributed by atoms with van der Waals surface area (Å²) in [5, 5.41) is 3.44. The van der Waals surface area contributed by atoms with Gasteiger partial charge in [-0.2, -0.15) is 0 Å². The second-order valence-corrected chi connectivity index (χ2v) is 5.90. The van der Waals surface area contributed by atoms with Crippen LogP contribution in [0.15, 0.2) is 42.5 Å². The molecule has 0 aliphatic rings. The fourth-order valence-corrected chi connectivity index (χ4v) is 2.38. The highest BCUT2D eigenvalue weighted by molar-refractivity contribution is 6.31. The number of rotatable bonds is 7. The highest BCUT2D eigenvalue weighted by Crippen LogP contribution is 2.28. The number of carbonyl (C=O) groups excluding carboxylic acids is 1. The molecule has 0 spiro atoms. The molecule has 0 aliphatic carbocycles. The van der Waals surface area contributed by atoms with Crippen molar-refractivity contribution in [3.63, 3.8) is 0 Å². The summed E-state index contributed by atoms with van der Waals surface area (Å²) in [5.41, 5.74) is 2.38. The molecule has 0 fully saturated rings. The minimum Gasteiger partial charge on any atom is -0.493 e. The lowest BCUT2D eigenvalue weighted by Crippen LogP contribution is -2.09. The zero-order valence-corrected chi connectivity index (χ0v) is 15.4. The van der Waals surface area contributed by atoms with Crippen LogP contribution in [0.25, 0.3) is 6.08 Å². The van der Waals surface area contributed by atoms with Crippen LogP contribution >= 0.6 is 11.6 Å². The van der Waals surface area contributed by atoms with Crippen LogP contribution in [0, 0.1) is 6.92 Å². The molecule has 0 saturated heterocycles. The maximum atomic E-state index is 12.1. The molecule has 2 rings (SSSR count). The van der Waals surface area contributed by atoms with Crippen molar-refractivity contribution in [3.05, 3.63) is 58.6 Å². The molecule has 132 valence electrons. The van der Waals surface area contributed by atoms with Gasteiger partial charge in [-0.25, -0.2) is 0 Å². The normalized spacial score (nSPS) is 10.7. The minimum absolute atomic E-state index is 0.226. The third-order valence-electron chi connectivity index (χ3n) is 3.60. The molecule has 0 unspecified atom stereocenters. The fourth-order valence-electron chi connectivity index (χ4n) is 2.21. The third-order valence-corrected chi connectivity index (χ3v) is 4.01. The molecule has 1 amide bonds. The molecule has 25 heavy (non-hydrogen) atoms. The van der Waals surface area contributed by atoms with Gasteiger partial charge in [0.15, 0.2) is 11.5 Å². The Balaban J connectivity index is 2.07. The van der Waals surface area contributed by atoms with E-state index in [1.807, 2.05) is 38.1 Å². The maximum absolute atomic E-state index is 12.1. The van der Waals surface area contributed by atoms with E-state index >= 15 is 0 Å². The van der Waals surface area contributed by atoms with E-state index in [-0.39, 0.29) is 5.91 Å². The van der Waals surface area contributed by atoms with Gasteiger partial charge in [0.2, 0.25) is 5.91 Å². The lowest BCUT2D eigenvalue weighted by atomic mass is 10.1. The second kappa shape index (κ2) is 9.14. The molecule has 0 heterocycles. The summed E-state index contributed by atoms with van der Waals surface area (Å²) in [6.45, 7) is 4.54. The van der Waals surface area contributed by atoms with Crippen molar-refractivity contribution >= 4 is 29.3 Å². The first-order valence-corrected chi connectivity index (χ1v) is 8.48. The summed E-state index contributed by atoms with van der Waals surface area (Å²) in [7, 11) is 1.59. The first kappa shape index (κ1) is 18.9. The quantitative estimate of drug-likeness (QED) is 0.700. The summed E-state index contributed by atoms with van der Waals surface area (Å²) < 4.78 is 11.0. The predicted molar refractivity (Wildman–Crippen MR) is 103 cm³/mol. The number of halogens is 1. The number of benzene rings is 2. The number of hydrogen-bond acceptors (Lipinski definition) is 3. The SMILES string of the molecule is CCCOc1ccc(/C=C/C(=O)Nc2cccc(Cl)c2C)cc1OC. The van der Waals surface area contributed by atoms with Crippen molar-refractivity contribution in [2.24, 2.45) is 0 Å². The van der Waals surface area contributed by atoms with Crippen molar-refractivity contribution in [1.29, 1.82) is 0 Å². The molecule has 0 saturated carbocycles. The van der Waals surface area contributed by atoms with Crippen LogP contribution in [0.1, 0.15) is 24.5 Å². The monoisotopic (exact) mass is 359 g/mol. The van der Waals surface area contributed by atoms with Gasteiger partial charge in [0, 0.05) is 16.8 Å². The van der Waals surface area contributed by atoms with E-state index in [2.05, 4.69) is 5.32 Å². The first-order valence-electron chi connectivity index (χ1n) is 8.10. The molecule has 0 radical (unpaired) electrons.